The molecule has 1 N–H and O–H groups in total. The monoisotopic (exact) mass is 388 g/mol. The van der Waals surface area contributed by atoms with Gasteiger partial charge in [0.05, 0.1) is 5.69 Å². The molecule has 0 unspecified atom stereocenters. The quantitative estimate of drug-likeness (QED) is 0.877. The molecule has 2 aliphatic rings. The summed E-state index contributed by atoms with van der Waals surface area (Å²) in [6.45, 7) is 1.93. The van der Waals surface area contributed by atoms with Crippen molar-refractivity contribution in [3.8, 4) is 0 Å². The summed E-state index contributed by atoms with van der Waals surface area (Å²) in [4.78, 5) is 31.8. The number of piperidine rings is 1. The molecule has 0 aliphatic carbocycles. The number of carbonyl (C=O) groups is 2. The molecule has 0 atom stereocenters. The van der Waals surface area contributed by atoms with E-state index < -0.39 is 23.2 Å². The predicted octanol–water partition coefficient (Wildman–Crippen LogP) is 3.38. The van der Waals surface area contributed by atoms with Gasteiger partial charge in [0.1, 0.15) is 23.0 Å². The second kappa shape index (κ2) is 7.69. The fourth-order valence-corrected chi connectivity index (χ4v) is 3.92. The van der Waals surface area contributed by atoms with Crippen LogP contribution in [-0.2, 0) is 13.0 Å². The van der Waals surface area contributed by atoms with Crippen LogP contribution in [0.25, 0.3) is 0 Å². The number of hydrogen-bond acceptors (Lipinski definition) is 3. The molecule has 0 saturated carbocycles. The van der Waals surface area contributed by atoms with Gasteiger partial charge in [-0.2, -0.15) is 0 Å². The van der Waals surface area contributed by atoms with Gasteiger partial charge in [0, 0.05) is 19.6 Å². The highest BCUT2D eigenvalue weighted by molar-refractivity contribution is 6.03. The van der Waals surface area contributed by atoms with Gasteiger partial charge in [-0.15, -0.1) is 0 Å². The molecular formula is C20H22F2N4O2. The number of nitrogens with one attached hydrogen (secondary N) is 1. The number of fused-ring (bicyclic) bond motifs is 1. The maximum atomic E-state index is 13.9. The molecule has 2 aliphatic heterocycles. The zero-order chi connectivity index (χ0) is 19.7. The van der Waals surface area contributed by atoms with Crippen molar-refractivity contribution in [2.75, 3.05) is 18.4 Å². The van der Waals surface area contributed by atoms with E-state index in [1.54, 1.807) is 9.47 Å². The van der Waals surface area contributed by atoms with Crippen molar-refractivity contribution >= 4 is 17.5 Å². The summed E-state index contributed by atoms with van der Waals surface area (Å²) in [7, 11) is 0. The van der Waals surface area contributed by atoms with Gasteiger partial charge in [0.15, 0.2) is 5.82 Å². The number of carbonyl (C=O) groups excluding carboxylic acids is 2. The molecule has 3 heterocycles. The average molecular weight is 388 g/mol. The zero-order valence-electron chi connectivity index (χ0n) is 15.5. The van der Waals surface area contributed by atoms with E-state index in [1.165, 1.54) is 6.07 Å². The molecule has 2 amide bonds. The molecule has 1 saturated heterocycles. The minimum absolute atomic E-state index is 0.0257. The van der Waals surface area contributed by atoms with Crippen LogP contribution in [0.1, 0.15) is 58.9 Å². The van der Waals surface area contributed by atoms with E-state index in [0.717, 1.165) is 49.9 Å². The topological polar surface area (TPSA) is 67.2 Å². The largest absolute Gasteiger partial charge is 0.337 e. The Morgan fingerprint density at radius 3 is 2.36 bits per heavy atom. The Bertz CT molecular complexity index is 899. The van der Waals surface area contributed by atoms with Gasteiger partial charge >= 0.3 is 0 Å². The SMILES string of the molecule is O=C(Nc1c(F)cccc1F)c1nc(C(=O)N2CCCCC2)c2n1CCCC2. The number of aromatic nitrogens is 2. The number of amides is 2. The number of anilines is 1. The molecule has 8 heteroatoms. The first-order chi connectivity index (χ1) is 13.6. The lowest BCUT2D eigenvalue weighted by Gasteiger charge is -2.26. The summed E-state index contributed by atoms with van der Waals surface area (Å²) in [5.41, 5.74) is 0.520. The van der Waals surface area contributed by atoms with Gasteiger partial charge in [-0.3, -0.25) is 9.59 Å². The first-order valence-corrected chi connectivity index (χ1v) is 9.70. The van der Waals surface area contributed by atoms with E-state index in [0.29, 0.717) is 31.7 Å². The first kappa shape index (κ1) is 18.6. The Morgan fingerprint density at radius 1 is 0.964 bits per heavy atom. The van der Waals surface area contributed by atoms with E-state index in [2.05, 4.69) is 10.3 Å². The molecule has 1 aromatic carbocycles. The third kappa shape index (κ3) is 3.39. The molecule has 0 radical (unpaired) electrons. The molecule has 28 heavy (non-hydrogen) atoms. The zero-order valence-corrected chi connectivity index (χ0v) is 15.5. The van der Waals surface area contributed by atoms with Crippen molar-refractivity contribution in [1.82, 2.24) is 14.5 Å². The summed E-state index contributed by atoms with van der Waals surface area (Å²) in [5.74, 6) is -2.57. The molecule has 1 aromatic heterocycles. The van der Waals surface area contributed by atoms with Gasteiger partial charge in [0.25, 0.3) is 11.8 Å². The van der Waals surface area contributed by atoms with Crippen LogP contribution in [-0.4, -0.2) is 39.4 Å². The number of likely N-dealkylation sites (tertiary alicyclic amines) is 1. The highest BCUT2D eigenvalue weighted by atomic mass is 19.1. The maximum Gasteiger partial charge on any atom is 0.291 e. The molecule has 2 aromatic rings. The van der Waals surface area contributed by atoms with Crippen molar-refractivity contribution in [1.29, 1.82) is 0 Å². The van der Waals surface area contributed by atoms with Crippen LogP contribution in [0.15, 0.2) is 18.2 Å². The summed E-state index contributed by atoms with van der Waals surface area (Å²) < 4.78 is 29.5. The Balaban J connectivity index is 1.66. The van der Waals surface area contributed by atoms with Crippen LogP contribution < -0.4 is 5.32 Å². The molecule has 6 nitrogen and oxygen atoms in total. The molecule has 4 rings (SSSR count). The summed E-state index contributed by atoms with van der Waals surface area (Å²) in [6.07, 6.45) is 5.45. The molecule has 148 valence electrons. The smallest absolute Gasteiger partial charge is 0.291 e. The Hall–Kier alpha value is -2.77. The van der Waals surface area contributed by atoms with Crippen LogP contribution >= 0.6 is 0 Å². The molecular weight excluding hydrogens is 366 g/mol. The minimum atomic E-state index is -0.858. The van der Waals surface area contributed by atoms with Crippen LogP contribution in [0.3, 0.4) is 0 Å². The van der Waals surface area contributed by atoms with E-state index >= 15 is 0 Å². The van der Waals surface area contributed by atoms with Crippen molar-refractivity contribution in [3.05, 3.63) is 47.0 Å². The number of rotatable bonds is 3. The van der Waals surface area contributed by atoms with Crippen molar-refractivity contribution in [2.45, 2.75) is 45.1 Å². The highest BCUT2D eigenvalue weighted by Crippen LogP contribution is 2.25. The normalized spacial score (nSPS) is 16.6. The second-order valence-corrected chi connectivity index (χ2v) is 7.24. The number of benzene rings is 1. The Kier molecular flexibility index (Phi) is 5.11. The van der Waals surface area contributed by atoms with Gasteiger partial charge < -0.3 is 14.8 Å². The van der Waals surface area contributed by atoms with Crippen LogP contribution in [0.5, 0.6) is 0 Å². The Morgan fingerprint density at radius 2 is 1.64 bits per heavy atom. The summed E-state index contributed by atoms with van der Waals surface area (Å²) >= 11 is 0. The lowest BCUT2D eigenvalue weighted by atomic mass is 10.1. The fraction of sp³-hybridized carbons (Fsp3) is 0.450. The number of nitrogens with zero attached hydrogens (tertiary/aromatic N) is 3. The van der Waals surface area contributed by atoms with E-state index in [1.807, 2.05) is 0 Å². The van der Waals surface area contributed by atoms with E-state index in [4.69, 9.17) is 0 Å². The fourth-order valence-electron chi connectivity index (χ4n) is 3.92. The summed E-state index contributed by atoms with van der Waals surface area (Å²) in [6, 6.07) is 3.38. The van der Waals surface area contributed by atoms with Crippen LogP contribution in [0.2, 0.25) is 0 Å². The third-order valence-corrected chi connectivity index (χ3v) is 5.37. The predicted molar refractivity (Wildman–Crippen MR) is 99.2 cm³/mol. The van der Waals surface area contributed by atoms with Crippen molar-refractivity contribution in [2.24, 2.45) is 0 Å². The van der Waals surface area contributed by atoms with Crippen LogP contribution in [0, 0.1) is 11.6 Å². The van der Waals surface area contributed by atoms with Gasteiger partial charge in [-0.25, -0.2) is 13.8 Å². The number of imidazole rings is 1. The molecule has 0 bridgehead atoms. The van der Waals surface area contributed by atoms with Gasteiger partial charge in [-0.05, 0) is 50.7 Å². The standard InChI is InChI=1S/C20H22F2N4O2/c21-13-7-6-8-14(22)16(13)24-19(27)18-23-17(15-9-2-5-12-26(15)18)20(28)25-10-3-1-4-11-25/h6-8H,1-5,9-12H2,(H,24,27). The number of para-hydroxylation sites is 1. The third-order valence-electron chi connectivity index (χ3n) is 5.37. The van der Waals surface area contributed by atoms with Crippen molar-refractivity contribution < 1.29 is 18.4 Å². The number of halogens is 2. The minimum Gasteiger partial charge on any atom is -0.337 e. The highest BCUT2D eigenvalue weighted by Gasteiger charge is 2.30. The Labute approximate surface area is 161 Å². The lowest BCUT2D eigenvalue weighted by Crippen LogP contribution is -2.36. The van der Waals surface area contributed by atoms with Crippen LogP contribution in [0.4, 0.5) is 14.5 Å². The average Bonchev–Trinajstić information content (AvgIpc) is 3.11. The molecule has 0 spiro atoms. The maximum absolute atomic E-state index is 13.9. The lowest BCUT2D eigenvalue weighted by molar-refractivity contribution is 0.0717. The second-order valence-electron chi connectivity index (χ2n) is 7.24. The van der Waals surface area contributed by atoms with Crippen molar-refractivity contribution in [3.63, 3.8) is 0 Å². The first-order valence-electron chi connectivity index (χ1n) is 9.70. The van der Waals surface area contributed by atoms with Gasteiger partial charge in [0.2, 0.25) is 0 Å². The van der Waals surface area contributed by atoms with Gasteiger partial charge in [-0.1, -0.05) is 6.07 Å². The molecule has 1 fully saturated rings. The summed E-state index contributed by atoms with van der Waals surface area (Å²) in [5, 5.41) is 2.28. The number of hydrogen-bond donors (Lipinski definition) is 1. The van der Waals surface area contributed by atoms with E-state index in [-0.39, 0.29) is 11.7 Å². The van der Waals surface area contributed by atoms with E-state index in [9.17, 15) is 18.4 Å².